The Bertz CT molecular complexity index is 488. The minimum atomic E-state index is -1.30. The zero-order valence-corrected chi connectivity index (χ0v) is 11.0. The van der Waals surface area contributed by atoms with Crippen molar-refractivity contribution in [2.75, 3.05) is 14.2 Å². The van der Waals surface area contributed by atoms with E-state index in [1.54, 1.807) is 0 Å². The summed E-state index contributed by atoms with van der Waals surface area (Å²) in [5, 5.41) is 0. The second kappa shape index (κ2) is 5.26. The molecule has 0 aliphatic heterocycles. The van der Waals surface area contributed by atoms with Gasteiger partial charge in [-0.3, -0.25) is 9.59 Å². The van der Waals surface area contributed by atoms with Gasteiger partial charge in [-0.2, -0.15) is 0 Å². The van der Waals surface area contributed by atoms with Gasteiger partial charge in [-0.05, 0) is 12.0 Å². The van der Waals surface area contributed by atoms with Gasteiger partial charge in [0.25, 0.3) is 0 Å². The quantitative estimate of drug-likeness (QED) is 0.474. The van der Waals surface area contributed by atoms with Crippen LogP contribution in [0.4, 0.5) is 0 Å². The standard InChI is InChI=1S/C15H16O4/c1-18-13(16)15(14(17)19-2)10-6-9-12(15)11-7-4-3-5-8-11/h3-9,12H,10H2,1-2H3/t12-/m0/s1. The number of carbonyl (C=O) groups excluding carboxylic acids is 2. The van der Waals surface area contributed by atoms with Crippen LogP contribution in [0.25, 0.3) is 0 Å². The van der Waals surface area contributed by atoms with Crippen molar-refractivity contribution >= 4 is 11.9 Å². The summed E-state index contributed by atoms with van der Waals surface area (Å²) >= 11 is 0. The van der Waals surface area contributed by atoms with Gasteiger partial charge in [0, 0.05) is 5.92 Å². The van der Waals surface area contributed by atoms with Crippen LogP contribution in [0.2, 0.25) is 0 Å². The third-order valence-electron chi connectivity index (χ3n) is 3.56. The van der Waals surface area contributed by atoms with Crippen molar-refractivity contribution in [3.8, 4) is 0 Å². The maximum absolute atomic E-state index is 12.2. The number of allylic oxidation sites excluding steroid dienone is 2. The molecule has 0 spiro atoms. The Balaban J connectivity index is 2.49. The molecular formula is C15H16O4. The van der Waals surface area contributed by atoms with Crippen molar-refractivity contribution in [1.29, 1.82) is 0 Å². The highest BCUT2D eigenvalue weighted by Gasteiger charge is 2.55. The monoisotopic (exact) mass is 260 g/mol. The highest BCUT2D eigenvalue weighted by molar-refractivity contribution is 6.02. The van der Waals surface area contributed by atoms with Crippen LogP contribution in [0.3, 0.4) is 0 Å². The van der Waals surface area contributed by atoms with Gasteiger partial charge in [-0.15, -0.1) is 0 Å². The molecule has 100 valence electrons. The molecule has 0 unspecified atom stereocenters. The predicted octanol–water partition coefficient (Wildman–Crippen LogP) is 2.06. The maximum Gasteiger partial charge on any atom is 0.324 e. The minimum absolute atomic E-state index is 0.298. The Morgan fingerprint density at radius 3 is 2.21 bits per heavy atom. The van der Waals surface area contributed by atoms with E-state index in [9.17, 15) is 9.59 Å². The highest BCUT2D eigenvalue weighted by atomic mass is 16.5. The first-order chi connectivity index (χ1) is 9.16. The fraction of sp³-hybridized carbons (Fsp3) is 0.333. The Morgan fingerprint density at radius 1 is 1.11 bits per heavy atom. The molecule has 4 heteroatoms. The van der Waals surface area contributed by atoms with Gasteiger partial charge in [-0.25, -0.2) is 0 Å². The minimum Gasteiger partial charge on any atom is -0.468 e. The van der Waals surface area contributed by atoms with Gasteiger partial charge in [-0.1, -0.05) is 42.5 Å². The van der Waals surface area contributed by atoms with E-state index in [-0.39, 0.29) is 5.92 Å². The fourth-order valence-electron chi connectivity index (χ4n) is 2.61. The zero-order valence-electron chi connectivity index (χ0n) is 11.0. The van der Waals surface area contributed by atoms with Crippen molar-refractivity contribution in [3.63, 3.8) is 0 Å². The van der Waals surface area contributed by atoms with E-state index in [4.69, 9.17) is 9.47 Å². The summed E-state index contributed by atoms with van der Waals surface area (Å²) in [5.41, 5.74) is -0.405. The van der Waals surface area contributed by atoms with Crippen molar-refractivity contribution in [1.82, 2.24) is 0 Å². The second-order valence-corrected chi connectivity index (χ2v) is 4.48. The van der Waals surface area contributed by atoms with Gasteiger partial charge in [0.05, 0.1) is 14.2 Å². The molecule has 4 nitrogen and oxygen atoms in total. The normalized spacial score (nSPS) is 20.0. The number of methoxy groups -OCH3 is 2. The van der Waals surface area contributed by atoms with Crippen LogP contribution in [-0.2, 0) is 19.1 Å². The lowest BCUT2D eigenvalue weighted by atomic mass is 9.73. The number of hydrogen-bond donors (Lipinski definition) is 0. The van der Waals surface area contributed by atoms with E-state index in [0.29, 0.717) is 6.42 Å². The van der Waals surface area contributed by atoms with E-state index < -0.39 is 17.4 Å². The van der Waals surface area contributed by atoms with Gasteiger partial charge in [0.1, 0.15) is 0 Å². The van der Waals surface area contributed by atoms with E-state index in [2.05, 4.69) is 0 Å². The molecule has 0 amide bonds. The van der Waals surface area contributed by atoms with Crippen molar-refractivity contribution in [2.24, 2.45) is 5.41 Å². The highest BCUT2D eigenvalue weighted by Crippen LogP contribution is 2.47. The summed E-state index contributed by atoms with van der Waals surface area (Å²) in [6, 6.07) is 9.42. The first-order valence-electron chi connectivity index (χ1n) is 6.05. The molecule has 2 rings (SSSR count). The molecule has 19 heavy (non-hydrogen) atoms. The first-order valence-corrected chi connectivity index (χ1v) is 6.05. The molecule has 0 aromatic heterocycles. The molecule has 0 saturated heterocycles. The lowest BCUT2D eigenvalue weighted by Gasteiger charge is -2.30. The number of carbonyl (C=O) groups is 2. The number of ether oxygens (including phenoxy) is 2. The van der Waals surface area contributed by atoms with Crippen molar-refractivity contribution < 1.29 is 19.1 Å². The lowest BCUT2D eigenvalue weighted by Crippen LogP contribution is -2.43. The molecule has 1 aliphatic rings. The number of benzene rings is 1. The lowest BCUT2D eigenvalue weighted by molar-refractivity contribution is -0.169. The van der Waals surface area contributed by atoms with Gasteiger partial charge < -0.3 is 9.47 Å². The molecule has 1 atom stereocenters. The molecule has 0 heterocycles. The van der Waals surface area contributed by atoms with Crippen LogP contribution in [0, 0.1) is 5.41 Å². The van der Waals surface area contributed by atoms with E-state index in [0.717, 1.165) is 5.56 Å². The second-order valence-electron chi connectivity index (χ2n) is 4.48. The predicted molar refractivity (Wildman–Crippen MR) is 69.4 cm³/mol. The van der Waals surface area contributed by atoms with Crippen LogP contribution < -0.4 is 0 Å². The van der Waals surface area contributed by atoms with E-state index >= 15 is 0 Å². The zero-order chi connectivity index (χ0) is 13.9. The molecule has 0 N–H and O–H groups in total. The average Bonchev–Trinajstić information content (AvgIpc) is 2.92. The first kappa shape index (κ1) is 13.3. The Hall–Kier alpha value is -2.10. The third kappa shape index (κ3) is 2.03. The Morgan fingerprint density at radius 2 is 1.68 bits per heavy atom. The maximum atomic E-state index is 12.2. The third-order valence-corrected chi connectivity index (χ3v) is 3.56. The molecule has 0 fully saturated rings. The summed E-state index contributed by atoms with van der Waals surface area (Å²) in [6.45, 7) is 0. The fourth-order valence-corrected chi connectivity index (χ4v) is 2.61. The number of hydrogen-bond acceptors (Lipinski definition) is 4. The molecule has 1 aliphatic carbocycles. The smallest absolute Gasteiger partial charge is 0.324 e. The van der Waals surface area contributed by atoms with Crippen LogP contribution in [0.5, 0.6) is 0 Å². The largest absolute Gasteiger partial charge is 0.468 e. The number of rotatable bonds is 3. The van der Waals surface area contributed by atoms with Crippen molar-refractivity contribution in [2.45, 2.75) is 12.3 Å². The topological polar surface area (TPSA) is 52.6 Å². The summed E-state index contributed by atoms with van der Waals surface area (Å²) < 4.78 is 9.66. The van der Waals surface area contributed by atoms with Crippen LogP contribution in [0.15, 0.2) is 42.5 Å². The van der Waals surface area contributed by atoms with Crippen LogP contribution in [-0.4, -0.2) is 26.2 Å². The number of esters is 2. The molecule has 0 saturated carbocycles. The van der Waals surface area contributed by atoms with Gasteiger partial charge in [0.2, 0.25) is 0 Å². The molecule has 0 bridgehead atoms. The van der Waals surface area contributed by atoms with Crippen LogP contribution >= 0.6 is 0 Å². The molecule has 0 radical (unpaired) electrons. The summed E-state index contributed by atoms with van der Waals surface area (Å²) in [5.74, 6) is -1.47. The Labute approximate surface area is 112 Å². The molecule has 1 aromatic carbocycles. The summed E-state index contributed by atoms with van der Waals surface area (Å²) in [7, 11) is 2.57. The van der Waals surface area contributed by atoms with Crippen LogP contribution in [0.1, 0.15) is 17.9 Å². The molecule has 1 aromatic rings. The Kier molecular flexibility index (Phi) is 3.69. The average molecular weight is 260 g/mol. The SMILES string of the molecule is COC(=O)C1(C(=O)OC)CC=C[C@H]1c1ccccc1. The van der Waals surface area contributed by atoms with Crippen molar-refractivity contribution in [3.05, 3.63) is 48.0 Å². The van der Waals surface area contributed by atoms with E-state index in [1.165, 1.54) is 14.2 Å². The summed E-state index contributed by atoms with van der Waals surface area (Å²) in [4.78, 5) is 24.3. The van der Waals surface area contributed by atoms with E-state index in [1.807, 2.05) is 42.5 Å². The van der Waals surface area contributed by atoms with Gasteiger partial charge in [0.15, 0.2) is 5.41 Å². The molecular weight excluding hydrogens is 244 g/mol. The van der Waals surface area contributed by atoms with Gasteiger partial charge >= 0.3 is 11.9 Å². The summed E-state index contributed by atoms with van der Waals surface area (Å²) in [6.07, 6.45) is 3.99.